The maximum absolute atomic E-state index is 13.0. The third-order valence-corrected chi connectivity index (χ3v) is 4.74. The molecule has 3 rings (SSSR count). The fourth-order valence-electron chi connectivity index (χ4n) is 3.09. The minimum atomic E-state index is -0.228. The number of hydrazone groups is 1. The second kappa shape index (κ2) is 9.32. The van der Waals surface area contributed by atoms with Gasteiger partial charge in [-0.1, -0.05) is 12.1 Å². The van der Waals surface area contributed by atoms with Gasteiger partial charge in [0.05, 0.1) is 12.8 Å². The van der Waals surface area contributed by atoms with Crippen LogP contribution < -0.4 is 15.2 Å². The van der Waals surface area contributed by atoms with Crippen LogP contribution in [0.25, 0.3) is 0 Å². The van der Waals surface area contributed by atoms with E-state index in [1.165, 1.54) is 12.1 Å². The zero-order chi connectivity index (χ0) is 19.9. The molecular formula is C21H26FN5O. The monoisotopic (exact) mass is 383 g/mol. The Hall–Kier alpha value is -2.93. The number of hydrogen-bond donors (Lipinski definition) is 1. The van der Waals surface area contributed by atoms with Crippen molar-refractivity contribution in [2.45, 2.75) is 0 Å². The normalized spacial score (nSPS) is 15.0. The molecule has 1 saturated heterocycles. The predicted molar refractivity (Wildman–Crippen MR) is 112 cm³/mol. The van der Waals surface area contributed by atoms with Crippen LogP contribution in [-0.2, 0) is 4.79 Å². The van der Waals surface area contributed by atoms with Crippen molar-refractivity contribution in [1.82, 2.24) is 10.3 Å². The summed E-state index contributed by atoms with van der Waals surface area (Å²) in [4.78, 5) is 18.4. The van der Waals surface area contributed by atoms with E-state index in [1.54, 1.807) is 18.3 Å². The summed E-state index contributed by atoms with van der Waals surface area (Å²) in [7, 11) is 3.98. The van der Waals surface area contributed by atoms with E-state index in [9.17, 15) is 9.18 Å². The van der Waals surface area contributed by atoms with Gasteiger partial charge >= 0.3 is 0 Å². The summed E-state index contributed by atoms with van der Waals surface area (Å²) in [6.07, 6.45) is 1.64. The quantitative estimate of drug-likeness (QED) is 0.614. The van der Waals surface area contributed by atoms with Gasteiger partial charge in [-0.05, 0) is 42.0 Å². The van der Waals surface area contributed by atoms with Crippen molar-refractivity contribution in [1.29, 1.82) is 0 Å². The summed E-state index contributed by atoms with van der Waals surface area (Å²) in [5, 5.41) is 4.04. The Morgan fingerprint density at radius 3 is 2.32 bits per heavy atom. The molecule has 1 aliphatic rings. The number of amides is 1. The van der Waals surface area contributed by atoms with Gasteiger partial charge in [0, 0.05) is 51.6 Å². The SMILES string of the molecule is CN(C)c1ccc(C=NNC(=O)CN2CCN(c3ccc(F)cc3)CC2)cc1. The molecule has 2 aromatic carbocycles. The number of hydrogen-bond acceptors (Lipinski definition) is 5. The second-order valence-corrected chi connectivity index (χ2v) is 7.02. The zero-order valence-electron chi connectivity index (χ0n) is 16.3. The number of piperazine rings is 1. The Balaban J connectivity index is 1.41. The van der Waals surface area contributed by atoms with Gasteiger partial charge in [0.25, 0.3) is 5.91 Å². The van der Waals surface area contributed by atoms with Crippen LogP contribution in [0, 0.1) is 5.82 Å². The summed E-state index contributed by atoms with van der Waals surface area (Å²) in [6.45, 7) is 3.48. The second-order valence-electron chi connectivity index (χ2n) is 7.02. The van der Waals surface area contributed by atoms with Gasteiger partial charge in [0.15, 0.2) is 0 Å². The summed E-state index contributed by atoms with van der Waals surface area (Å²) in [5.74, 6) is -0.357. The van der Waals surface area contributed by atoms with Crippen molar-refractivity contribution >= 4 is 23.5 Å². The van der Waals surface area contributed by atoms with Crippen LogP contribution in [0.15, 0.2) is 53.6 Å². The fourth-order valence-corrected chi connectivity index (χ4v) is 3.09. The average Bonchev–Trinajstić information content (AvgIpc) is 2.70. The molecule has 1 heterocycles. The van der Waals surface area contributed by atoms with Crippen LogP contribution >= 0.6 is 0 Å². The van der Waals surface area contributed by atoms with Crippen LogP contribution in [-0.4, -0.2) is 63.8 Å². The van der Waals surface area contributed by atoms with Gasteiger partial charge < -0.3 is 9.80 Å². The molecule has 1 fully saturated rings. The molecule has 0 aliphatic carbocycles. The first kappa shape index (κ1) is 19.8. The summed E-state index contributed by atoms with van der Waals surface area (Å²) in [5.41, 5.74) is 5.64. The molecule has 0 atom stereocenters. The van der Waals surface area contributed by atoms with Gasteiger partial charge in [0.2, 0.25) is 0 Å². The van der Waals surface area contributed by atoms with Crippen molar-refractivity contribution in [3.8, 4) is 0 Å². The first-order chi connectivity index (χ1) is 13.5. The van der Waals surface area contributed by atoms with Gasteiger partial charge in [-0.15, -0.1) is 0 Å². The fraction of sp³-hybridized carbons (Fsp3) is 0.333. The number of benzene rings is 2. The Labute approximate surface area is 165 Å². The summed E-state index contributed by atoms with van der Waals surface area (Å²) < 4.78 is 13.0. The standard InChI is InChI=1S/C21H26FN5O/c1-25(2)19-7-3-17(4-8-19)15-23-24-21(28)16-26-11-13-27(14-12-26)20-9-5-18(22)6-10-20/h3-10,15H,11-14,16H2,1-2H3,(H,24,28). The van der Waals surface area contributed by atoms with Gasteiger partial charge in [0.1, 0.15) is 5.82 Å². The summed E-state index contributed by atoms with van der Waals surface area (Å²) in [6, 6.07) is 14.4. The largest absolute Gasteiger partial charge is 0.378 e. The number of nitrogens with zero attached hydrogens (tertiary/aromatic N) is 4. The zero-order valence-corrected chi connectivity index (χ0v) is 16.3. The third kappa shape index (κ3) is 5.53. The number of rotatable bonds is 6. The molecule has 2 aromatic rings. The Morgan fingerprint density at radius 2 is 1.71 bits per heavy atom. The van der Waals surface area contributed by atoms with E-state index in [-0.39, 0.29) is 11.7 Å². The molecular weight excluding hydrogens is 357 g/mol. The highest BCUT2D eigenvalue weighted by Gasteiger charge is 2.19. The van der Waals surface area contributed by atoms with Crippen molar-refractivity contribution in [2.75, 3.05) is 56.6 Å². The molecule has 0 aromatic heterocycles. The van der Waals surface area contributed by atoms with Crippen LogP contribution in [0.5, 0.6) is 0 Å². The number of carbonyl (C=O) groups is 1. The lowest BCUT2D eigenvalue weighted by Crippen LogP contribution is -2.49. The van der Waals surface area contributed by atoms with E-state index >= 15 is 0 Å². The van der Waals surface area contributed by atoms with Crippen molar-refractivity contribution < 1.29 is 9.18 Å². The van der Waals surface area contributed by atoms with E-state index in [0.717, 1.165) is 43.1 Å². The Morgan fingerprint density at radius 1 is 1.07 bits per heavy atom. The summed E-state index contributed by atoms with van der Waals surface area (Å²) >= 11 is 0. The molecule has 1 N–H and O–H groups in total. The van der Waals surface area contributed by atoms with Crippen LogP contribution in [0.3, 0.4) is 0 Å². The van der Waals surface area contributed by atoms with Crippen molar-refractivity contribution in [2.24, 2.45) is 5.10 Å². The van der Waals surface area contributed by atoms with Gasteiger partial charge in [-0.2, -0.15) is 5.10 Å². The van der Waals surface area contributed by atoms with Crippen molar-refractivity contribution in [3.63, 3.8) is 0 Å². The van der Waals surface area contributed by atoms with Crippen molar-refractivity contribution in [3.05, 3.63) is 59.9 Å². The number of anilines is 2. The maximum Gasteiger partial charge on any atom is 0.254 e. The van der Waals surface area contributed by atoms with E-state index in [2.05, 4.69) is 20.3 Å². The van der Waals surface area contributed by atoms with E-state index in [0.29, 0.717) is 6.54 Å². The molecule has 0 unspecified atom stereocenters. The lowest BCUT2D eigenvalue weighted by atomic mass is 10.2. The molecule has 28 heavy (non-hydrogen) atoms. The van der Waals surface area contributed by atoms with E-state index < -0.39 is 0 Å². The van der Waals surface area contributed by atoms with Crippen LogP contribution in [0.2, 0.25) is 0 Å². The van der Waals surface area contributed by atoms with Crippen LogP contribution in [0.4, 0.5) is 15.8 Å². The molecule has 1 amide bonds. The molecule has 0 bridgehead atoms. The molecule has 148 valence electrons. The molecule has 1 aliphatic heterocycles. The van der Waals surface area contributed by atoms with E-state index in [4.69, 9.17) is 0 Å². The highest BCUT2D eigenvalue weighted by atomic mass is 19.1. The first-order valence-corrected chi connectivity index (χ1v) is 9.33. The van der Waals surface area contributed by atoms with Gasteiger partial charge in [-0.3, -0.25) is 9.69 Å². The third-order valence-electron chi connectivity index (χ3n) is 4.74. The lowest BCUT2D eigenvalue weighted by molar-refractivity contribution is -0.122. The highest BCUT2D eigenvalue weighted by Crippen LogP contribution is 2.16. The first-order valence-electron chi connectivity index (χ1n) is 9.33. The number of halogens is 1. The highest BCUT2D eigenvalue weighted by molar-refractivity contribution is 5.83. The molecule has 7 heteroatoms. The maximum atomic E-state index is 13.0. The average molecular weight is 383 g/mol. The van der Waals surface area contributed by atoms with E-state index in [1.807, 2.05) is 43.3 Å². The molecule has 0 spiro atoms. The predicted octanol–water partition coefficient (Wildman–Crippen LogP) is 2.16. The minimum absolute atomic E-state index is 0.128. The minimum Gasteiger partial charge on any atom is -0.378 e. The van der Waals surface area contributed by atoms with Crippen LogP contribution in [0.1, 0.15) is 5.56 Å². The molecule has 0 radical (unpaired) electrons. The Bertz CT molecular complexity index is 797. The smallest absolute Gasteiger partial charge is 0.254 e. The lowest BCUT2D eigenvalue weighted by Gasteiger charge is -2.35. The number of carbonyl (C=O) groups excluding carboxylic acids is 1. The Kier molecular flexibility index (Phi) is 6.60. The topological polar surface area (TPSA) is 51.2 Å². The molecule has 6 nitrogen and oxygen atoms in total. The van der Waals surface area contributed by atoms with Gasteiger partial charge in [-0.25, -0.2) is 9.82 Å². The molecule has 0 saturated carbocycles. The number of nitrogens with one attached hydrogen (secondary N) is 1.